The molecule has 0 radical (unpaired) electrons. The highest BCUT2D eigenvalue weighted by Crippen LogP contribution is 2.49. The molecule has 0 spiro atoms. The van der Waals surface area contributed by atoms with Gasteiger partial charge < -0.3 is 19.7 Å². The summed E-state index contributed by atoms with van der Waals surface area (Å²) >= 11 is 6.15. The number of nitrogens with one attached hydrogen (secondary N) is 1. The number of benzene rings is 2. The van der Waals surface area contributed by atoms with E-state index in [9.17, 15) is 4.79 Å². The van der Waals surface area contributed by atoms with E-state index in [1.165, 1.54) is 0 Å². The van der Waals surface area contributed by atoms with Crippen LogP contribution in [0.4, 0.5) is 0 Å². The van der Waals surface area contributed by atoms with Crippen molar-refractivity contribution in [3.63, 3.8) is 0 Å². The Bertz CT molecular complexity index is 747. The van der Waals surface area contributed by atoms with Crippen molar-refractivity contribution >= 4 is 17.5 Å². The number of carbonyl (C=O) groups is 1. The zero-order valence-electron chi connectivity index (χ0n) is 12.9. The van der Waals surface area contributed by atoms with Crippen molar-refractivity contribution in [2.24, 2.45) is 0 Å². The van der Waals surface area contributed by atoms with Crippen LogP contribution in [0.15, 0.2) is 36.4 Å². The van der Waals surface area contributed by atoms with Crippen molar-refractivity contribution in [3.8, 4) is 23.0 Å². The van der Waals surface area contributed by atoms with Crippen molar-refractivity contribution in [1.29, 1.82) is 0 Å². The standard InChI is InChI=1S/C17H17ClN2O3/c1-20(2)10-9-19-17(21)11-5-3-7-13-15(11)23-16-12(18)6-4-8-14(16)22-13/h3-8H,9-10H2,1-2H3,(H,19,21). The summed E-state index contributed by atoms with van der Waals surface area (Å²) in [4.78, 5) is 14.4. The Balaban J connectivity index is 1.86. The molecule has 1 N–H and O–H groups in total. The van der Waals surface area contributed by atoms with Crippen molar-refractivity contribution in [3.05, 3.63) is 47.0 Å². The SMILES string of the molecule is CN(C)CCNC(=O)c1cccc2c1Oc1c(Cl)cccc1O2. The third-order valence-corrected chi connectivity index (χ3v) is 3.72. The maximum Gasteiger partial charge on any atom is 0.255 e. The molecule has 0 aliphatic carbocycles. The Morgan fingerprint density at radius 2 is 1.78 bits per heavy atom. The van der Waals surface area contributed by atoms with Crippen LogP contribution in [0.1, 0.15) is 10.4 Å². The zero-order chi connectivity index (χ0) is 16.4. The molecular formula is C17H17ClN2O3. The normalized spacial score (nSPS) is 12.0. The fourth-order valence-corrected chi connectivity index (χ4v) is 2.46. The molecule has 0 aromatic heterocycles. The summed E-state index contributed by atoms with van der Waals surface area (Å²) in [5.41, 5.74) is 0.423. The Morgan fingerprint density at radius 3 is 2.52 bits per heavy atom. The molecule has 0 bridgehead atoms. The molecule has 2 aromatic carbocycles. The summed E-state index contributed by atoms with van der Waals surface area (Å²) in [7, 11) is 3.90. The van der Waals surface area contributed by atoms with Gasteiger partial charge in [-0.1, -0.05) is 23.7 Å². The minimum atomic E-state index is -0.206. The van der Waals surface area contributed by atoms with Gasteiger partial charge >= 0.3 is 0 Å². The number of para-hydroxylation sites is 2. The second-order valence-corrected chi connectivity index (χ2v) is 5.87. The summed E-state index contributed by atoms with van der Waals surface area (Å²) < 4.78 is 11.7. The number of carbonyl (C=O) groups excluding carboxylic acids is 1. The zero-order valence-corrected chi connectivity index (χ0v) is 13.7. The number of fused-ring (bicyclic) bond motifs is 2. The molecule has 1 aliphatic rings. The third kappa shape index (κ3) is 3.25. The first kappa shape index (κ1) is 15.6. The lowest BCUT2D eigenvalue weighted by molar-refractivity contribution is 0.0947. The van der Waals surface area contributed by atoms with Gasteiger partial charge in [-0.3, -0.25) is 4.79 Å². The number of amides is 1. The first-order valence-electron chi connectivity index (χ1n) is 7.26. The maximum absolute atomic E-state index is 12.4. The summed E-state index contributed by atoms with van der Waals surface area (Å²) in [6.45, 7) is 1.31. The average Bonchev–Trinajstić information content (AvgIpc) is 2.52. The minimum absolute atomic E-state index is 0.206. The number of hydrogen-bond acceptors (Lipinski definition) is 4. The summed E-state index contributed by atoms with van der Waals surface area (Å²) in [6, 6.07) is 10.5. The third-order valence-electron chi connectivity index (χ3n) is 3.42. The molecule has 1 aliphatic heterocycles. The fourth-order valence-electron chi connectivity index (χ4n) is 2.26. The lowest BCUT2D eigenvalue weighted by Gasteiger charge is -2.23. The first-order valence-corrected chi connectivity index (χ1v) is 7.64. The summed E-state index contributed by atoms with van der Waals surface area (Å²) in [5.74, 6) is 1.64. The van der Waals surface area contributed by atoms with E-state index in [-0.39, 0.29) is 5.91 Å². The quantitative estimate of drug-likeness (QED) is 0.794. The van der Waals surface area contributed by atoms with E-state index in [0.29, 0.717) is 40.1 Å². The highest BCUT2D eigenvalue weighted by molar-refractivity contribution is 6.32. The number of halogens is 1. The molecule has 0 fully saturated rings. The maximum atomic E-state index is 12.4. The topological polar surface area (TPSA) is 50.8 Å². The highest BCUT2D eigenvalue weighted by atomic mass is 35.5. The minimum Gasteiger partial charge on any atom is -0.449 e. The van der Waals surface area contributed by atoms with Crippen LogP contribution in [0.2, 0.25) is 5.02 Å². The van der Waals surface area contributed by atoms with Gasteiger partial charge in [0.05, 0.1) is 10.6 Å². The van der Waals surface area contributed by atoms with E-state index in [1.54, 1.807) is 36.4 Å². The monoisotopic (exact) mass is 332 g/mol. The summed E-state index contributed by atoms with van der Waals surface area (Å²) in [6.07, 6.45) is 0. The number of nitrogens with zero attached hydrogens (tertiary/aromatic N) is 1. The molecule has 0 atom stereocenters. The largest absolute Gasteiger partial charge is 0.449 e. The van der Waals surface area contributed by atoms with E-state index < -0.39 is 0 Å². The van der Waals surface area contributed by atoms with Gasteiger partial charge in [-0.2, -0.15) is 0 Å². The Hall–Kier alpha value is -2.24. The van der Waals surface area contributed by atoms with Crippen molar-refractivity contribution in [1.82, 2.24) is 10.2 Å². The molecule has 120 valence electrons. The van der Waals surface area contributed by atoms with Gasteiger partial charge in [0.1, 0.15) is 0 Å². The molecule has 5 nitrogen and oxygen atoms in total. The molecule has 0 unspecified atom stereocenters. The van der Waals surface area contributed by atoms with Gasteiger partial charge in [-0.25, -0.2) is 0 Å². The predicted molar refractivity (Wildman–Crippen MR) is 88.9 cm³/mol. The van der Waals surface area contributed by atoms with Crippen molar-refractivity contribution in [2.45, 2.75) is 0 Å². The Labute approximate surface area is 139 Å². The Kier molecular flexibility index (Phi) is 4.41. The number of rotatable bonds is 4. The van der Waals surface area contributed by atoms with Crippen LogP contribution in [-0.2, 0) is 0 Å². The molecule has 23 heavy (non-hydrogen) atoms. The van der Waals surface area contributed by atoms with E-state index in [2.05, 4.69) is 5.32 Å². The lowest BCUT2D eigenvalue weighted by Crippen LogP contribution is -2.31. The number of likely N-dealkylation sites (N-methyl/N-ethyl adjacent to an activating group) is 1. The molecule has 6 heteroatoms. The number of hydrogen-bond donors (Lipinski definition) is 1. The second kappa shape index (κ2) is 6.48. The molecule has 0 saturated carbocycles. The van der Waals surface area contributed by atoms with Crippen molar-refractivity contribution in [2.75, 3.05) is 27.2 Å². The van der Waals surface area contributed by atoms with E-state index in [0.717, 1.165) is 6.54 Å². The smallest absolute Gasteiger partial charge is 0.255 e. The lowest BCUT2D eigenvalue weighted by atomic mass is 10.1. The molecule has 1 amide bonds. The molecule has 2 aromatic rings. The van der Waals surface area contributed by atoms with Crippen LogP contribution in [0.25, 0.3) is 0 Å². The van der Waals surface area contributed by atoms with Crippen LogP contribution in [0.3, 0.4) is 0 Å². The Morgan fingerprint density at radius 1 is 1.09 bits per heavy atom. The van der Waals surface area contributed by atoms with Crippen LogP contribution in [0.5, 0.6) is 23.0 Å². The van der Waals surface area contributed by atoms with Gasteiger partial charge in [0.25, 0.3) is 5.91 Å². The van der Waals surface area contributed by atoms with E-state index in [1.807, 2.05) is 19.0 Å². The van der Waals surface area contributed by atoms with E-state index in [4.69, 9.17) is 21.1 Å². The van der Waals surface area contributed by atoms with Gasteiger partial charge in [0.2, 0.25) is 0 Å². The molecule has 3 rings (SSSR count). The molecule has 1 heterocycles. The van der Waals surface area contributed by atoms with Gasteiger partial charge in [-0.05, 0) is 38.4 Å². The summed E-state index contributed by atoms with van der Waals surface area (Å²) in [5, 5.41) is 3.31. The van der Waals surface area contributed by atoms with Crippen LogP contribution >= 0.6 is 11.6 Å². The molecule has 0 saturated heterocycles. The van der Waals surface area contributed by atoms with Gasteiger partial charge in [-0.15, -0.1) is 0 Å². The van der Waals surface area contributed by atoms with Crippen molar-refractivity contribution < 1.29 is 14.3 Å². The van der Waals surface area contributed by atoms with Crippen LogP contribution in [-0.4, -0.2) is 38.0 Å². The van der Waals surface area contributed by atoms with Gasteiger partial charge in [0.15, 0.2) is 23.0 Å². The highest BCUT2D eigenvalue weighted by Gasteiger charge is 2.25. The fraction of sp³-hybridized carbons (Fsp3) is 0.235. The average molecular weight is 333 g/mol. The molecular weight excluding hydrogens is 316 g/mol. The van der Waals surface area contributed by atoms with Gasteiger partial charge in [0, 0.05) is 13.1 Å². The van der Waals surface area contributed by atoms with E-state index >= 15 is 0 Å². The first-order chi connectivity index (χ1) is 11.1. The predicted octanol–water partition coefficient (Wildman–Crippen LogP) is 3.53. The number of ether oxygens (including phenoxy) is 2. The second-order valence-electron chi connectivity index (χ2n) is 5.46. The van der Waals surface area contributed by atoms with Crippen LogP contribution < -0.4 is 14.8 Å². The van der Waals surface area contributed by atoms with Crippen LogP contribution in [0, 0.1) is 0 Å².